The molecule has 0 aromatic heterocycles. The Bertz CT molecular complexity index is 930. The highest BCUT2D eigenvalue weighted by molar-refractivity contribution is 5.89. The lowest BCUT2D eigenvalue weighted by molar-refractivity contribution is -0.142. The van der Waals surface area contributed by atoms with Gasteiger partial charge in [-0.15, -0.1) is 0 Å². The molecule has 3 aromatic carbocycles. The second-order valence-corrected chi connectivity index (χ2v) is 8.78. The third kappa shape index (κ3) is 3.73. The molecule has 3 saturated heterocycles. The van der Waals surface area contributed by atoms with Gasteiger partial charge in [0.1, 0.15) is 0 Å². The lowest BCUT2D eigenvalue weighted by Crippen LogP contribution is -2.62. The molecule has 3 aromatic rings. The zero-order valence-corrected chi connectivity index (χ0v) is 17.4. The Morgan fingerprint density at radius 3 is 1.97 bits per heavy atom. The molecule has 0 saturated carbocycles. The molecule has 0 aliphatic carbocycles. The van der Waals surface area contributed by atoms with Gasteiger partial charge in [0.25, 0.3) is 0 Å². The van der Waals surface area contributed by atoms with Crippen LogP contribution >= 0.6 is 0 Å². The van der Waals surface area contributed by atoms with Crippen LogP contribution in [0.3, 0.4) is 0 Å². The monoisotopic (exact) mass is 395 g/mol. The summed E-state index contributed by atoms with van der Waals surface area (Å²) in [6, 6.07) is 32.4. The summed E-state index contributed by atoms with van der Waals surface area (Å²) in [5.41, 5.74) is 3.89. The molecular formula is C28H29NO. The number of rotatable bonds is 6. The molecule has 3 heterocycles. The number of carbonyl (C=O) groups is 1. The van der Waals surface area contributed by atoms with E-state index in [0.29, 0.717) is 11.8 Å². The summed E-state index contributed by atoms with van der Waals surface area (Å²) in [5, 5.41) is 0. The zero-order chi connectivity index (χ0) is 20.3. The van der Waals surface area contributed by atoms with E-state index in [2.05, 4.69) is 95.9 Å². The summed E-state index contributed by atoms with van der Waals surface area (Å²) in [6.45, 7) is 1.04. The fourth-order valence-electron chi connectivity index (χ4n) is 5.59. The van der Waals surface area contributed by atoms with Crippen LogP contribution in [0.25, 0.3) is 0 Å². The number of benzene rings is 3. The molecule has 0 N–H and O–H groups in total. The molecule has 2 nitrogen and oxygen atoms in total. The Morgan fingerprint density at radius 1 is 0.800 bits per heavy atom. The average Bonchev–Trinajstić information content (AvgIpc) is 2.82. The Kier molecular flexibility index (Phi) is 5.50. The number of aryl methyl sites for hydroxylation is 1. The van der Waals surface area contributed by atoms with Crippen molar-refractivity contribution in [2.45, 2.75) is 43.7 Å². The first-order valence-corrected chi connectivity index (χ1v) is 11.2. The first-order chi connectivity index (χ1) is 14.8. The van der Waals surface area contributed by atoms with Crippen LogP contribution in [0, 0.1) is 5.92 Å². The third-order valence-corrected chi connectivity index (χ3v) is 7.05. The third-order valence-electron chi connectivity index (χ3n) is 7.05. The van der Waals surface area contributed by atoms with E-state index in [-0.39, 0.29) is 17.9 Å². The van der Waals surface area contributed by atoms with Gasteiger partial charge in [-0.2, -0.15) is 0 Å². The van der Waals surface area contributed by atoms with Crippen molar-refractivity contribution in [3.05, 3.63) is 108 Å². The lowest BCUT2D eigenvalue weighted by Gasteiger charge is -2.52. The minimum absolute atomic E-state index is 0.0527. The molecule has 2 heteroatoms. The van der Waals surface area contributed by atoms with Crippen molar-refractivity contribution in [2.24, 2.45) is 5.92 Å². The minimum Gasteiger partial charge on any atom is -0.298 e. The Labute approximate surface area is 179 Å². The number of ketones is 1. The number of piperidine rings is 3. The lowest BCUT2D eigenvalue weighted by atomic mass is 9.70. The summed E-state index contributed by atoms with van der Waals surface area (Å²) in [4.78, 5) is 16.1. The molecule has 3 aliphatic rings. The standard InChI is InChI=1S/C28H29NO/c30-28-24-18-19-29(25(20-24)17-16-21-10-4-1-5-11-21)27(28)26(22-12-6-2-7-13-22)23-14-8-3-9-15-23/h1-15,24-27H,16-20H2/t24?,25-,27+/m0/s1. The smallest absolute Gasteiger partial charge is 0.154 e. The number of fused-ring (bicyclic) bond motifs is 3. The van der Waals surface area contributed by atoms with Crippen molar-refractivity contribution in [3.8, 4) is 0 Å². The van der Waals surface area contributed by atoms with E-state index >= 15 is 0 Å². The van der Waals surface area contributed by atoms with E-state index in [9.17, 15) is 4.79 Å². The van der Waals surface area contributed by atoms with Crippen molar-refractivity contribution < 1.29 is 4.79 Å². The van der Waals surface area contributed by atoms with Crippen LogP contribution in [0.2, 0.25) is 0 Å². The fourth-order valence-corrected chi connectivity index (χ4v) is 5.59. The topological polar surface area (TPSA) is 20.3 Å². The molecule has 3 aliphatic heterocycles. The van der Waals surface area contributed by atoms with E-state index in [4.69, 9.17) is 0 Å². The van der Waals surface area contributed by atoms with Crippen LogP contribution in [-0.2, 0) is 11.2 Å². The maximum atomic E-state index is 13.6. The normalized spacial score (nSPS) is 25.6. The fraction of sp³-hybridized carbons (Fsp3) is 0.321. The van der Waals surface area contributed by atoms with Crippen molar-refractivity contribution in [2.75, 3.05) is 6.54 Å². The zero-order valence-electron chi connectivity index (χ0n) is 17.4. The minimum atomic E-state index is -0.0527. The molecule has 3 fully saturated rings. The van der Waals surface area contributed by atoms with Gasteiger partial charge in [0.05, 0.1) is 6.04 Å². The Morgan fingerprint density at radius 2 is 1.37 bits per heavy atom. The van der Waals surface area contributed by atoms with Crippen LogP contribution < -0.4 is 0 Å². The number of hydrogen-bond acceptors (Lipinski definition) is 2. The first-order valence-electron chi connectivity index (χ1n) is 11.2. The molecule has 2 bridgehead atoms. The van der Waals surface area contributed by atoms with E-state index in [0.717, 1.165) is 32.2 Å². The number of nitrogens with zero attached hydrogens (tertiary/aromatic N) is 1. The molecule has 30 heavy (non-hydrogen) atoms. The maximum absolute atomic E-state index is 13.6. The highest BCUT2D eigenvalue weighted by Gasteiger charge is 2.49. The van der Waals surface area contributed by atoms with E-state index in [1.165, 1.54) is 16.7 Å². The van der Waals surface area contributed by atoms with Gasteiger partial charge in [-0.3, -0.25) is 9.69 Å². The highest BCUT2D eigenvalue weighted by Crippen LogP contribution is 2.43. The van der Waals surface area contributed by atoms with Crippen molar-refractivity contribution >= 4 is 5.78 Å². The average molecular weight is 396 g/mol. The largest absolute Gasteiger partial charge is 0.298 e. The van der Waals surface area contributed by atoms with Crippen molar-refractivity contribution in [1.29, 1.82) is 0 Å². The summed E-state index contributed by atoms with van der Waals surface area (Å²) in [6.07, 6.45) is 4.25. The van der Waals surface area contributed by atoms with Gasteiger partial charge in [0, 0.05) is 17.9 Å². The summed E-state index contributed by atoms with van der Waals surface area (Å²) >= 11 is 0. The number of hydrogen-bond donors (Lipinski definition) is 0. The number of carbonyl (C=O) groups excluding carboxylic acids is 1. The first kappa shape index (κ1) is 19.3. The second-order valence-electron chi connectivity index (χ2n) is 8.78. The van der Waals surface area contributed by atoms with Gasteiger partial charge in [-0.25, -0.2) is 0 Å². The van der Waals surface area contributed by atoms with E-state index < -0.39 is 0 Å². The Hall–Kier alpha value is -2.71. The predicted octanol–water partition coefficient (Wildman–Crippen LogP) is 5.48. The molecule has 2 unspecified atom stereocenters. The molecule has 152 valence electrons. The van der Waals surface area contributed by atoms with Crippen LogP contribution in [0.4, 0.5) is 0 Å². The van der Waals surface area contributed by atoms with Crippen LogP contribution in [0.15, 0.2) is 91.0 Å². The highest BCUT2D eigenvalue weighted by atomic mass is 16.1. The second kappa shape index (κ2) is 8.57. The van der Waals surface area contributed by atoms with Crippen LogP contribution in [0.1, 0.15) is 41.9 Å². The summed E-state index contributed by atoms with van der Waals surface area (Å²) in [7, 11) is 0. The number of Topliss-reactive ketones (excluding diaryl/α,β-unsaturated/α-hetero) is 1. The van der Waals surface area contributed by atoms with Gasteiger partial charge in [0.2, 0.25) is 0 Å². The Balaban J connectivity index is 1.46. The van der Waals surface area contributed by atoms with E-state index in [1.54, 1.807) is 0 Å². The molecule has 6 rings (SSSR count). The van der Waals surface area contributed by atoms with Gasteiger partial charge < -0.3 is 0 Å². The van der Waals surface area contributed by atoms with E-state index in [1.807, 2.05) is 0 Å². The molecule has 0 radical (unpaired) electrons. The van der Waals surface area contributed by atoms with Gasteiger partial charge in [0.15, 0.2) is 5.78 Å². The van der Waals surface area contributed by atoms with Crippen LogP contribution in [0.5, 0.6) is 0 Å². The quantitative estimate of drug-likeness (QED) is 0.551. The molecule has 0 spiro atoms. The SMILES string of the molecule is O=C1C2CCN([C@@H](CCc3ccccc3)C2)[C@@H]1C(c1ccccc1)c1ccccc1. The maximum Gasteiger partial charge on any atom is 0.154 e. The molecular weight excluding hydrogens is 366 g/mol. The van der Waals surface area contributed by atoms with Crippen molar-refractivity contribution in [1.82, 2.24) is 4.90 Å². The van der Waals surface area contributed by atoms with Crippen LogP contribution in [-0.4, -0.2) is 29.3 Å². The van der Waals surface area contributed by atoms with Crippen molar-refractivity contribution in [3.63, 3.8) is 0 Å². The molecule has 4 atom stereocenters. The predicted molar refractivity (Wildman–Crippen MR) is 122 cm³/mol. The van der Waals surface area contributed by atoms with Gasteiger partial charge in [-0.1, -0.05) is 91.0 Å². The molecule has 0 amide bonds. The summed E-state index contributed by atoms with van der Waals surface area (Å²) < 4.78 is 0. The van der Waals surface area contributed by atoms with Gasteiger partial charge in [-0.05, 0) is 48.9 Å². The van der Waals surface area contributed by atoms with Gasteiger partial charge >= 0.3 is 0 Å². The summed E-state index contributed by atoms with van der Waals surface area (Å²) in [5.74, 6) is 0.771.